The summed E-state index contributed by atoms with van der Waals surface area (Å²) >= 11 is 1.06. The average Bonchev–Trinajstić information content (AvgIpc) is 3.35. The first kappa shape index (κ1) is 25.1. The largest absolute Gasteiger partial charge is 0.493 e. The molecule has 1 atom stereocenters. The zero-order chi connectivity index (χ0) is 26.0. The number of hydrogen-bond acceptors (Lipinski definition) is 9. The van der Waals surface area contributed by atoms with Gasteiger partial charge in [0.15, 0.2) is 17.7 Å². The number of aliphatic hydroxyl groups is 1. The SMILES string of the molecule is COC(=O)c1nc(CN2C(=O)N3C=C(C(=O)NCc4ccc(F)cc4)SC3=C(C)C2O)ncc1OC. The molecule has 1 unspecified atom stereocenters. The molecule has 1 aromatic heterocycles. The number of methoxy groups -OCH3 is 2. The summed E-state index contributed by atoms with van der Waals surface area (Å²) in [6.45, 7) is 1.59. The summed E-state index contributed by atoms with van der Waals surface area (Å²) in [6.07, 6.45) is 1.36. The molecule has 11 nitrogen and oxygen atoms in total. The highest BCUT2D eigenvalue weighted by Crippen LogP contribution is 2.43. The van der Waals surface area contributed by atoms with E-state index in [1.54, 1.807) is 19.1 Å². The number of nitrogens with one attached hydrogen (secondary N) is 1. The van der Waals surface area contributed by atoms with E-state index >= 15 is 0 Å². The summed E-state index contributed by atoms with van der Waals surface area (Å²) < 4.78 is 22.9. The highest BCUT2D eigenvalue weighted by atomic mass is 32.2. The third-order valence-electron chi connectivity index (χ3n) is 5.45. The van der Waals surface area contributed by atoms with Crippen LogP contribution in [0.15, 0.2) is 52.2 Å². The number of benzene rings is 1. The van der Waals surface area contributed by atoms with Gasteiger partial charge in [-0.25, -0.2) is 23.9 Å². The minimum atomic E-state index is -1.31. The molecule has 0 radical (unpaired) electrons. The van der Waals surface area contributed by atoms with Gasteiger partial charge in [0, 0.05) is 18.3 Å². The third-order valence-corrected chi connectivity index (χ3v) is 6.67. The van der Waals surface area contributed by atoms with Crippen LogP contribution < -0.4 is 10.1 Å². The molecule has 2 N–H and O–H groups in total. The quantitative estimate of drug-likeness (QED) is 0.532. The van der Waals surface area contributed by atoms with E-state index in [-0.39, 0.29) is 41.1 Å². The highest BCUT2D eigenvalue weighted by Gasteiger charge is 2.41. The lowest BCUT2D eigenvalue weighted by molar-refractivity contribution is -0.117. The zero-order valence-corrected chi connectivity index (χ0v) is 20.3. The Hall–Kier alpha value is -3.97. The Labute approximate surface area is 209 Å². The van der Waals surface area contributed by atoms with E-state index in [2.05, 4.69) is 15.3 Å². The molecule has 3 amide bonds. The van der Waals surface area contributed by atoms with Crippen LogP contribution >= 0.6 is 11.8 Å². The number of nitrogens with zero attached hydrogens (tertiary/aromatic N) is 4. The fourth-order valence-electron chi connectivity index (χ4n) is 3.51. The Kier molecular flexibility index (Phi) is 7.22. The van der Waals surface area contributed by atoms with Gasteiger partial charge in [-0.1, -0.05) is 23.9 Å². The maximum Gasteiger partial charge on any atom is 0.360 e. The summed E-state index contributed by atoms with van der Waals surface area (Å²) in [6, 6.07) is 5.12. The van der Waals surface area contributed by atoms with Gasteiger partial charge in [-0.2, -0.15) is 0 Å². The van der Waals surface area contributed by atoms with Crippen molar-refractivity contribution in [2.75, 3.05) is 14.2 Å². The zero-order valence-electron chi connectivity index (χ0n) is 19.5. The second kappa shape index (κ2) is 10.3. The molecular weight excluding hydrogens is 493 g/mol. The van der Waals surface area contributed by atoms with Gasteiger partial charge in [0.1, 0.15) is 11.6 Å². The molecule has 13 heteroatoms. The molecule has 2 aromatic rings. The Balaban J connectivity index is 1.51. The van der Waals surface area contributed by atoms with E-state index in [4.69, 9.17) is 9.47 Å². The van der Waals surface area contributed by atoms with Crippen molar-refractivity contribution in [2.45, 2.75) is 26.2 Å². The van der Waals surface area contributed by atoms with Crippen molar-refractivity contribution in [3.63, 3.8) is 0 Å². The molecule has 2 aliphatic heterocycles. The summed E-state index contributed by atoms with van der Waals surface area (Å²) in [5.74, 6) is -1.36. The Bertz CT molecular complexity index is 1280. The molecule has 36 heavy (non-hydrogen) atoms. The van der Waals surface area contributed by atoms with Crippen LogP contribution in [0.1, 0.15) is 28.8 Å². The van der Waals surface area contributed by atoms with E-state index < -0.39 is 24.1 Å². The van der Waals surface area contributed by atoms with Gasteiger partial charge in [0.2, 0.25) is 0 Å². The van der Waals surface area contributed by atoms with Crippen molar-refractivity contribution in [1.82, 2.24) is 25.1 Å². The topological polar surface area (TPSA) is 134 Å². The molecule has 1 aromatic carbocycles. The van der Waals surface area contributed by atoms with Crippen molar-refractivity contribution in [2.24, 2.45) is 0 Å². The Morgan fingerprint density at radius 2 is 1.97 bits per heavy atom. The second-order valence-corrected chi connectivity index (χ2v) is 8.77. The maximum atomic E-state index is 13.2. The first-order chi connectivity index (χ1) is 17.2. The van der Waals surface area contributed by atoms with E-state index in [0.29, 0.717) is 16.2 Å². The van der Waals surface area contributed by atoms with Gasteiger partial charge in [0.25, 0.3) is 5.91 Å². The number of amides is 3. The van der Waals surface area contributed by atoms with Gasteiger partial charge in [0.05, 0.1) is 36.9 Å². The van der Waals surface area contributed by atoms with Crippen LogP contribution in [-0.2, 0) is 22.6 Å². The van der Waals surface area contributed by atoms with Gasteiger partial charge in [-0.05, 0) is 24.6 Å². The molecule has 0 saturated heterocycles. The number of rotatable bonds is 7. The normalized spacial score (nSPS) is 17.1. The summed E-state index contributed by atoms with van der Waals surface area (Å²) in [5, 5.41) is 14.0. The molecule has 0 fully saturated rings. The van der Waals surface area contributed by atoms with Crippen molar-refractivity contribution in [1.29, 1.82) is 0 Å². The second-order valence-electron chi connectivity index (χ2n) is 7.74. The predicted molar refractivity (Wildman–Crippen MR) is 125 cm³/mol. The number of urea groups is 1. The van der Waals surface area contributed by atoms with Crippen LogP contribution in [0.2, 0.25) is 0 Å². The summed E-state index contributed by atoms with van der Waals surface area (Å²) in [7, 11) is 2.55. The van der Waals surface area contributed by atoms with Crippen LogP contribution in [-0.4, -0.2) is 63.2 Å². The fraction of sp³-hybridized carbons (Fsp3) is 0.261. The maximum absolute atomic E-state index is 13.2. The van der Waals surface area contributed by atoms with Gasteiger partial charge < -0.3 is 19.9 Å². The first-order valence-electron chi connectivity index (χ1n) is 10.6. The molecule has 0 saturated carbocycles. The first-order valence-corrected chi connectivity index (χ1v) is 11.4. The molecule has 188 valence electrons. The standard InChI is InChI=1S/C23H22FN5O6S/c1-12-20(31)28(11-17-25-9-15(34-2)18(27-17)22(32)35-3)23(33)29-10-16(36-21(12)29)19(30)26-8-13-4-6-14(24)7-5-13/h4-7,9-10,20,31H,8,11H2,1-3H3,(H,26,30). The van der Waals surface area contributed by atoms with E-state index in [1.165, 1.54) is 43.6 Å². The Morgan fingerprint density at radius 3 is 2.64 bits per heavy atom. The van der Waals surface area contributed by atoms with Crippen LogP contribution in [0.4, 0.5) is 9.18 Å². The number of halogens is 1. The molecule has 4 rings (SSSR count). The van der Waals surface area contributed by atoms with Crippen molar-refractivity contribution in [3.8, 4) is 5.75 Å². The van der Waals surface area contributed by atoms with Crippen LogP contribution in [0, 0.1) is 5.82 Å². The van der Waals surface area contributed by atoms with Crippen molar-refractivity contribution in [3.05, 3.63) is 75.1 Å². The average molecular weight is 516 g/mol. The van der Waals surface area contributed by atoms with Gasteiger partial charge in [-0.3, -0.25) is 14.6 Å². The monoisotopic (exact) mass is 515 g/mol. The number of carbonyl (C=O) groups excluding carboxylic acids is 3. The van der Waals surface area contributed by atoms with E-state index in [1.807, 2.05) is 0 Å². The number of fused-ring (bicyclic) bond motifs is 1. The number of esters is 1. The highest BCUT2D eigenvalue weighted by molar-refractivity contribution is 8.07. The smallest absolute Gasteiger partial charge is 0.360 e. The van der Waals surface area contributed by atoms with Gasteiger partial charge >= 0.3 is 12.0 Å². The minimum Gasteiger partial charge on any atom is -0.493 e. The van der Waals surface area contributed by atoms with Gasteiger partial charge in [-0.15, -0.1) is 0 Å². The van der Waals surface area contributed by atoms with Crippen LogP contribution in [0.5, 0.6) is 5.75 Å². The van der Waals surface area contributed by atoms with Crippen molar-refractivity contribution < 1.29 is 33.4 Å². The van der Waals surface area contributed by atoms with E-state index in [9.17, 15) is 23.9 Å². The summed E-state index contributed by atoms with van der Waals surface area (Å²) in [4.78, 5) is 48.8. The van der Waals surface area contributed by atoms with E-state index in [0.717, 1.165) is 16.7 Å². The third kappa shape index (κ3) is 4.88. The number of thioether (sulfide) groups is 1. The molecule has 2 aliphatic rings. The minimum absolute atomic E-state index is 0.0768. The van der Waals surface area contributed by atoms with Crippen LogP contribution in [0.3, 0.4) is 0 Å². The number of aliphatic hydroxyl groups excluding tert-OH is 1. The number of carbonyl (C=O) groups is 3. The predicted octanol–water partition coefficient (Wildman–Crippen LogP) is 2.10. The van der Waals surface area contributed by atoms with Crippen LogP contribution in [0.25, 0.3) is 0 Å². The lowest BCUT2D eigenvalue weighted by Gasteiger charge is -2.37. The lowest BCUT2D eigenvalue weighted by atomic mass is 10.2. The lowest BCUT2D eigenvalue weighted by Crippen LogP contribution is -2.50. The number of aromatic nitrogens is 2. The molecular formula is C23H22FN5O6S. The Morgan fingerprint density at radius 1 is 1.25 bits per heavy atom. The molecule has 0 bridgehead atoms. The molecule has 0 spiro atoms. The molecule has 3 heterocycles. The number of ether oxygens (including phenoxy) is 2. The summed E-state index contributed by atoms with van der Waals surface area (Å²) in [5.41, 5.74) is 1.04. The molecule has 0 aliphatic carbocycles. The number of hydrogen-bond donors (Lipinski definition) is 2. The fourth-order valence-corrected chi connectivity index (χ4v) is 4.54. The van der Waals surface area contributed by atoms with Crippen molar-refractivity contribution >= 4 is 29.7 Å².